The molecule has 3 rings (SSSR count). The molecule has 1 fully saturated rings. The predicted octanol–water partition coefficient (Wildman–Crippen LogP) is 0.685. The highest BCUT2D eigenvalue weighted by Gasteiger charge is 2.26. The Bertz CT molecular complexity index is 813. The Morgan fingerprint density at radius 1 is 1.26 bits per heavy atom. The summed E-state index contributed by atoms with van der Waals surface area (Å²) in [6.45, 7) is 0.697. The number of H-pyrrole nitrogens is 1. The molecule has 0 radical (unpaired) electrons. The molecule has 1 saturated heterocycles. The minimum absolute atomic E-state index is 0.0263. The van der Waals surface area contributed by atoms with E-state index in [1.54, 1.807) is 4.90 Å². The van der Waals surface area contributed by atoms with Crippen LogP contribution in [-0.2, 0) is 21.1 Å². The van der Waals surface area contributed by atoms with E-state index in [1.807, 2.05) is 30.5 Å². The quantitative estimate of drug-likeness (QED) is 0.862. The number of hydrogen-bond donors (Lipinski definition) is 2. The topological polar surface area (TPSA) is 96.3 Å². The molecule has 0 spiro atoms. The first-order chi connectivity index (χ1) is 11.0. The smallest absolute Gasteiger partial charge is 0.239 e. The van der Waals surface area contributed by atoms with E-state index in [9.17, 15) is 13.2 Å². The summed E-state index contributed by atoms with van der Waals surface area (Å²) in [6.07, 6.45) is 2.80. The molecule has 0 unspecified atom stereocenters. The first-order valence-corrected chi connectivity index (χ1v) is 9.58. The van der Waals surface area contributed by atoms with Crippen molar-refractivity contribution in [2.75, 3.05) is 24.6 Å². The summed E-state index contributed by atoms with van der Waals surface area (Å²) in [5.74, 6) is -0.0000985. The number of benzene rings is 1. The third-order valence-corrected chi connectivity index (χ3v) is 6.01. The third kappa shape index (κ3) is 3.56. The van der Waals surface area contributed by atoms with Crippen molar-refractivity contribution in [2.24, 2.45) is 5.73 Å². The molecule has 0 aliphatic carbocycles. The molecule has 0 bridgehead atoms. The fraction of sp³-hybridized carbons (Fsp3) is 0.438. The number of aromatic nitrogens is 1. The molecule has 3 N–H and O–H groups in total. The lowest BCUT2D eigenvalue weighted by Crippen LogP contribution is -2.46. The fourth-order valence-electron chi connectivity index (χ4n) is 3.02. The van der Waals surface area contributed by atoms with Gasteiger partial charge in [0.1, 0.15) is 0 Å². The second-order valence-electron chi connectivity index (χ2n) is 6.00. The number of nitrogens with zero attached hydrogens (tertiary/aromatic N) is 1. The summed E-state index contributed by atoms with van der Waals surface area (Å²) in [5.41, 5.74) is 8.11. The van der Waals surface area contributed by atoms with Gasteiger partial charge in [0.05, 0.1) is 17.5 Å². The largest absolute Gasteiger partial charge is 0.361 e. The number of nitrogens with one attached hydrogen (secondary N) is 1. The van der Waals surface area contributed by atoms with Gasteiger partial charge in [0, 0.05) is 30.2 Å². The van der Waals surface area contributed by atoms with Crippen LogP contribution in [0.15, 0.2) is 30.5 Å². The van der Waals surface area contributed by atoms with Crippen molar-refractivity contribution in [1.82, 2.24) is 9.88 Å². The van der Waals surface area contributed by atoms with E-state index in [4.69, 9.17) is 5.73 Å². The van der Waals surface area contributed by atoms with Gasteiger partial charge < -0.3 is 15.6 Å². The van der Waals surface area contributed by atoms with Crippen molar-refractivity contribution in [3.8, 4) is 0 Å². The number of hydrogen-bond acceptors (Lipinski definition) is 4. The highest BCUT2D eigenvalue weighted by atomic mass is 32.2. The van der Waals surface area contributed by atoms with Gasteiger partial charge in [-0.3, -0.25) is 4.79 Å². The molecular weight excluding hydrogens is 314 g/mol. The van der Waals surface area contributed by atoms with Gasteiger partial charge in [-0.05, 0) is 24.5 Å². The van der Waals surface area contributed by atoms with Crippen LogP contribution in [0.4, 0.5) is 0 Å². The number of carbonyl (C=O) groups excluding carboxylic acids is 1. The van der Waals surface area contributed by atoms with Crippen LogP contribution in [-0.4, -0.2) is 54.8 Å². The monoisotopic (exact) mass is 335 g/mol. The molecule has 0 saturated carbocycles. The van der Waals surface area contributed by atoms with Gasteiger partial charge in [0.25, 0.3) is 0 Å². The lowest BCUT2D eigenvalue weighted by molar-refractivity contribution is -0.132. The molecule has 124 valence electrons. The van der Waals surface area contributed by atoms with Crippen molar-refractivity contribution >= 4 is 26.6 Å². The standard InChI is InChI=1S/C16H21N3O3S/c17-14(10-12-11-18-15-5-2-1-4-13(12)15)16(20)19-6-3-8-23(21,22)9-7-19/h1-2,4-5,11,14,18H,3,6-10,17H2/t14-/m0/s1. The van der Waals surface area contributed by atoms with Gasteiger partial charge >= 0.3 is 0 Å². The van der Waals surface area contributed by atoms with E-state index in [0.29, 0.717) is 19.4 Å². The van der Waals surface area contributed by atoms with E-state index >= 15 is 0 Å². The summed E-state index contributed by atoms with van der Waals surface area (Å²) >= 11 is 0. The van der Waals surface area contributed by atoms with Crippen LogP contribution in [0.5, 0.6) is 0 Å². The molecule has 23 heavy (non-hydrogen) atoms. The summed E-state index contributed by atoms with van der Waals surface area (Å²) in [6, 6.07) is 7.22. The predicted molar refractivity (Wildman–Crippen MR) is 89.8 cm³/mol. The summed E-state index contributed by atoms with van der Waals surface area (Å²) in [5, 5.41) is 1.06. The molecule has 1 aromatic heterocycles. The van der Waals surface area contributed by atoms with E-state index in [2.05, 4.69) is 4.98 Å². The van der Waals surface area contributed by atoms with Crippen molar-refractivity contribution in [2.45, 2.75) is 18.9 Å². The van der Waals surface area contributed by atoms with E-state index in [0.717, 1.165) is 16.5 Å². The molecule has 1 amide bonds. The molecule has 7 heteroatoms. The lowest BCUT2D eigenvalue weighted by Gasteiger charge is -2.23. The number of para-hydroxylation sites is 1. The highest BCUT2D eigenvalue weighted by molar-refractivity contribution is 7.91. The van der Waals surface area contributed by atoms with Crippen molar-refractivity contribution < 1.29 is 13.2 Å². The average molecular weight is 335 g/mol. The van der Waals surface area contributed by atoms with Crippen LogP contribution >= 0.6 is 0 Å². The number of nitrogens with two attached hydrogens (primary N) is 1. The van der Waals surface area contributed by atoms with Gasteiger partial charge in [-0.25, -0.2) is 8.42 Å². The number of amides is 1. The van der Waals surface area contributed by atoms with Crippen molar-refractivity contribution in [1.29, 1.82) is 0 Å². The second-order valence-corrected chi connectivity index (χ2v) is 8.30. The number of rotatable bonds is 3. The molecule has 1 aliphatic rings. The van der Waals surface area contributed by atoms with Crippen molar-refractivity contribution in [3.05, 3.63) is 36.0 Å². The van der Waals surface area contributed by atoms with E-state index in [1.165, 1.54) is 0 Å². The minimum atomic E-state index is -3.03. The van der Waals surface area contributed by atoms with Crippen LogP contribution in [0.3, 0.4) is 0 Å². The van der Waals surface area contributed by atoms with Gasteiger partial charge in [0.15, 0.2) is 9.84 Å². The normalized spacial score (nSPS) is 19.4. The molecule has 2 aromatic rings. The Balaban J connectivity index is 1.70. The zero-order chi connectivity index (χ0) is 16.4. The van der Waals surface area contributed by atoms with Crippen LogP contribution in [0.25, 0.3) is 10.9 Å². The van der Waals surface area contributed by atoms with Gasteiger partial charge in [-0.1, -0.05) is 18.2 Å². The maximum absolute atomic E-state index is 12.5. The van der Waals surface area contributed by atoms with Crippen LogP contribution in [0.1, 0.15) is 12.0 Å². The molecule has 1 aliphatic heterocycles. The Kier molecular flexibility index (Phi) is 4.41. The van der Waals surface area contributed by atoms with Crippen molar-refractivity contribution in [3.63, 3.8) is 0 Å². The average Bonchev–Trinajstić information content (AvgIpc) is 2.83. The number of sulfone groups is 1. The zero-order valence-corrected chi connectivity index (χ0v) is 13.7. The molecule has 1 atom stereocenters. The summed E-state index contributed by atoms with van der Waals surface area (Å²) in [4.78, 5) is 17.3. The Hall–Kier alpha value is -1.86. The number of fused-ring (bicyclic) bond motifs is 1. The first-order valence-electron chi connectivity index (χ1n) is 7.76. The minimum Gasteiger partial charge on any atom is -0.361 e. The maximum Gasteiger partial charge on any atom is 0.239 e. The first kappa shape index (κ1) is 16.0. The van der Waals surface area contributed by atoms with Crippen LogP contribution < -0.4 is 5.73 Å². The van der Waals surface area contributed by atoms with Gasteiger partial charge in [-0.15, -0.1) is 0 Å². The fourth-order valence-corrected chi connectivity index (χ4v) is 4.29. The second kappa shape index (κ2) is 6.33. The maximum atomic E-state index is 12.5. The Morgan fingerprint density at radius 2 is 2.04 bits per heavy atom. The number of carbonyl (C=O) groups is 1. The number of aromatic amines is 1. The lowest BCUT2D eigenvalue weighted by atomic mass is 10.0. The molecule has 6 nitrogen and oxygen atoms in total. The molecule has 1 aromatic carbocycles. The summed E-state index contributed by atoms with van der Waals surface area (Å²) in [7, 11) is -3.03. The molecule has 2 heterocycles. The van der Waals surface area contributed by atoms with Gasteiger partial charge in [0.2, 0.25) is 5.91 Å². The summed E-state index contributed by atoms with van der Waals surface area (Å²) < 4.78 is 23.3. The zero-order valence-electron chi connectivity index (χ0n) is 12.9. The Labute approximate surface area is 135 Å². The SMILES string of the molecule is N[C@@H](Cc1c[nH]c2ccccc12)C(=O)N1CCCS(=O)(=O)CC1. The van der Waals surface area contributed by atoms with E-state index < -0.39 is 15.9 Å². The van der Waals surface area contributed by atoms with Gasteiger partial charge in [-0.2, -0.15) is 0 Å². The highest BCUT2D eigenvalue weighted by Crippen LogP contribution is 2.19. The van der Waals surface area contributed by atoms with E-state index in [-0.39, 0.29) is 24.0 Å². The molecular formula is C16H21N3O3S. The van der Waals surface area contributed by atoms with Crippen LogP contribution in [0.2, 0.25) is 0 Å². The van der Waals surface area contributed by atoms with Crippen LogP contribution in [0, 0.1) is 0 Å². The third-order valence-electron chi connectivity index (χ3n) is 4.30. The Morgan fingerprint density at radius 3 is 2.87 bits per heavy atom.